The van der Waals surface area contributed by atoms with E-state index in [1.807, 2.05) is 37.3 Å². The number of rotatable bonds is 8. The zero-order chi connectivity index (χ0) is 23.4. The summed E-state index contributed by atoms with van der Waals surface area (Å²) >= 11 is 0. The molecule has 10 nitrogen and oxygen atoms in total. The first-order chi connectivity index (χ1) is 15.2. The van der Waals surface area contributed by atoms with Gasteiger partial charge in [0, 0.05) is 38.9 Å². The van der Waals surface area contributed by atoms with E-state index in [4.69, 9.17) is 5.73 Å². The largest absolute Gasteiger partial charge is 0.383 e. The highest BCUT2D eigenvalue weighted by atomic mass is 16.2. The van der Waals surface area contributed by atoms with E-state index in [-0.39, 0.29) is 24.6 Å². The molecule has 0 aliphatic heterocycles. The normalized spacial score (nSPS) is 11.0. The minimum Gasteiger partial charge on any atom is -0.383 e. The summed E-state index contributed by atoms with van der Waals surface area (Å²) in [4.78, 5) is 53.9. The van der Waals surface area contributed by atoms with Crippen LogP contribution >= 0.6 is 0 Å². The molecule has 0 amide bonds. The van der Waals surface area contributed by atoms with E-state index < -0.39 is 22.5 Å². The van der Waals surface area contributed by atoms with Crippen LogP contribution in [-0.2, 0) is 33.7 Å². The molecule has 0 unspecified atom stereocenters. The van der Waals surface area contributed by atoms with Gasteiger partial charge in [0.05, 0.1) is 6.54 Å². The Bertz CT molecular complexity index is 1330. The number of H-pyrrole nitrogens is 1. The average Bonchev–Trinajstić information content (AvgIpc) is 2.76. The van der Waals surface area contributed by atoms with Crippen LogP contribution in [0.1, 0.15) is 31.0 Å². The molecule has 2 heterocycles. The van der Waals surface area contributed by atoms with Crippen molar-refractivity contribution in [1.82, 2.24) is 18.7 Å². The van der Waals surface area contributed by atoms with Gasteiger partial charge in [-0.3, -0.25) is 28.3 Å². The molecule has 0 atom stereocenters. The van der Waals surface area contributed by atoms with Gasteiger partial charge in [-0.1, -0.05) is 43.7 Å². The molecule has 3 aromatic rings. The summed E-state index contributed by atoms with van der Waals surface area (Å²) in [5.41, 5.74) is 5.65. The van der Waals surface area contributed by atoms with Crippen molar-refractivity contribution in [3.05, 3.63) is 89.3 Å². The Kier molecular flexibility index (Phi) is 6.82. The van der Waals surface area contributed by atoms with Crippen LogP contribution in [0.4, 0.5) is 11.5 Å². The topological polar surface area (TPSA) is 128 Å². The number of hydrogen-bond acceptors (Lipinski definition) is 6. The standard InChI is InChI=1S/C22H28N6O4/c1-4-5-11-28-19(23)18(20(30)24-21(28)31)27(13-15-9-7-6-8-10-15)14-16-12-17(29)26(3)22(32)25(16)2/h6-10,12H,4-5,11,13-14,23H2,1-3H3,(H,24,30,31). The minimum absolute atomic E-state index is 0.0527. The number of nitrogen functional groups attached to an aromatic ring is 1. The van der Waals surface area contributed by atoms with Gasteiger partial charge in [0.2, 0.25) is 0 Å². The number of hydrogen-bond donors (Lipinski definition) is 2. The van der Waals surface area contributed by atoms with Crippen molar-refractivity contribution in [3.8, 4) is 0 Å². The van der Waals surface area contributed by atoms with Gasteiger partial charge in [-0.15, -0.1) is 0 Å². The molecule has 3 N–H and O–H groups in total. The first-order valence-corrected chi connectivity index (χ1v) is 10.4. The Labute approximate surface area is 184 Å². The predicted molar refractivity (Wildman–Crippen MR) is 124 cm³/mol. The quantitative estimate of drug-likeness (QED) is 0.526. The fraction of sp³-hybridized carbons (Fsp3) is 0.364. The fourth-order valence-corrected chi connectivity index (χ4v) is 3.56. The molecule has 0 aliphatic carbocycles. The first kappa shape index (κ1) is 22.9. The van der Waals surface area contributed by atoms with Crippen LogP contribution in [0.3, 0.4) is 0 Å². The SMILES string of the molecule is CCCCn1c(N)c(N(Cc2ccccc2)Cc2cc(=O)n(C)c(=O)n2C)c(=O)[nH]c1=O. The number of unbranched alkanes of at least 4 members (excludes halogenated alkanes) is 1. The lowest BCUT2D eigenvalue weighted by Gasteiger charge is -2.27. The lowest BCUT2D eigenvalue weighted by atomic mass is 10.2. The van der Waals surface area contributed by atoms with Crippen molar-refractivity contribution >= 4 is 11.5 Å². The molecule has 0 spiro atoms. The summed E-state index contributed by atoms with van der Waals surface area (Å²) in [6.45, 7) is 2.71. The van der Waals surface area contributed by atoms with Crippen LogP contribution < -0.4 is 33.1 Å². The highest BCUT2D eigenvalue weighted by Gasteiger charge is 2.21. The van der Waals surface area contributed by atoms with E-state index in [1.54, 1.807) is 11.9 Å². The Morgan fingerprint density at radius 2 is 1.69 bits per heavy atom. The van der Waals surface area contributed by atoms with Gasteiger partial charge in [0.25, 0.3) is 11.1 Å². The molecule has 1 aromatic carbocycles. The minimum atomic E-state index is -0.620. The van der Waals surface area contributed by atoms with Crippen LogP contribution in [0.2, 0.25) is 0 Å². The number of nitrogens with zero attached hydrogens (tertiary/aromatic N) is 4. The van der Waals surface area contributed by atoms with Crippen molar-refractivity contribution in [2.75, 3.05) is 10.6 Å². The monoisotopic (exact) mass is 440 g/mol. The second-order valence-electron chi connectivity index (χ2n) is 7.71. The number of nitrogens with two attached hydrogens (primary N) is 1. The Morgan fingerprint density at radius 1 is 1.00 bits per heavy atom. The van der Waals surface area contributed by atoms with Crippen molar-refractivity contribution < 1.29 is 0 Å². The van der Waals surface area contributed by atoms with Crippen LogP contribution in [0.15, 0.2) is 55.6 Å². The first-order valence-electron chi connectivity index (χ1n) is 10.4. The van der Waals surface area contributed by atoms with Crippen LogP contribution in [-0.4, -0.2) is 18.7 Å². The highest BCUT2D eigenvalue weighted by molar-refractivity contribution is 5.62. The Morgan fingerprint density at radius 3 is 2.34 bits per heavy atom. The number of nitrogens with one attached hydrogen (secondary N) is 1. The third-order valence-electron chi connectivity index (χ3n) is 5.46. The summed E-state index contributed by atoms with van der Waals surface area (Å²) in [5.74, 6) is 0.0527. The van der Waals surface area contributed by atoms with Crippen molar-refractivity contribution in [2.45, 2.75) is 39.4 Å². The van der Waals surface area contributed by atoms with Gasteiger partial charge in [-0.2, -0.15) is 0 Å². The van der Waals surface area contributed by atoms with E-state index in [0.717, 1.165) is 23.0 Å². The van der Waals surface area contributed by atoms with Crippen LogP contribution in [0.25, 0.3) is 0 Å². The molecule has 0 bridgehead atoms. The Balaban J connectivity index is 2.17. The van der Waals surface area contributed by atoms with Gasteiger partial charge >= 0.3 is 11.4 Å². The second kappa shape index (κ2) is 9.54. The van der Waals surface area contributed by atoms with Gasteiger partial charge < -0.3 is 10.6 Å². The zero-order valence-corrected chi connectivity index (χ0v) is 18.5. The summed E-state index contributed by atoms with van der Waals surface area (Å²) < 4.78 is 3.72. The summed E-state index contributed by atoms with van der Waals surface area (Å²) in [6, 6.07) is 10.8. The molecule has 3 rings (SSSR count). The maximum atomic E-state index is 12.9. The van der Waals surface area contributed by atoms with Crippen LogP contribution in [0.5, 0.6) is 0 Å². The molecule has 0 saturated carbocycles. The smallest absolute Gasteiger partial charge is 0.330 e. The number of aromatic amines is 1. The van der Waals surface area contributed by atoms with Crippen molar-refractivity contribution in [2.24, 2.45) is 14.1 Å². The molecular formula is C22H28N6O4. The summed E-state index contributed by atoms with van der Waals surface area (Å²) in [6.07, 6.45) is 1.57. The molecule has 0 fully saturated rings. The van der Waals surface area contributed by atoms with Crippen molar-refractivity contribution in [3.63, 3.8) is 0 Å². The second-order valence-corrected chi connectivity index (χ2v) is 7.71. The molecule has 10 heteroatoms. The maximum Gasteiger partial charge on any atom is 0.330 e. The van der Waals surface area contributed by atoms with Gasteiger partial charge in [0.15, 0.2) is 0 Å². The van der Waals surface area contributed by atoms with E-state index in [2.05, 4.69) is 4.98 Å². The molecular weight excluding hydrogens is 412 g/mol. The summed E-state index contributed by atoms with van der Waals surface area (Å²) in [5, 5.41) is 0. The van der Waals surface area contributed by atoms with Gasteiger partial charge in [-0.25, -0.2) is 9.59 Å². The molecule has 0 aliphatic rings. The zero-order valence-electron chi connectivity index (χ0n) is 18.5. The van der Waals surface area contributed by atoms with Crippen LogP contribution in [0, 0.1) is 0 Å². The van der Waals surface area contributed by atoms with E-state index in [9.17, 15) is 19.2 Å². The van der Waals surface area contributed by atoms with E-state index in [1.165, 1.54) is 22.2 Å². The lowest BCUT2D eigenvalue weighted by Crippen LogP contribution is -2.41. The average molecular weight is 441 g/mol. The molecule has 0 saturated heterocycles. The maximum absolute atomic E-state index is 12.9. The lowest BCUT2D eigenvalue weighted by molar-refractivity contribution is 0.598. The molecule has 0 radical (unpaired) electrons. The number of anilines is 2. The van der Waals surface area contributed by atoms with Gasteiger partial charge in [0.1, 0.15) is 11.5 Å². The summed E-state index contributed by atoms with van der Waals surface area (Å²) in [7, 11) is 2.97. The number of aromatic nitrogens is 4. The number of benzene rings is 1. The van der Waals surface area contributed by atoms with Gasteiger partial charge in [-0.05, 0) is 12.0 Å². The molecule has 32 heavy (non-hydrogen) atoms. The third kappa shape index (κ3) is 4.58. The van der Waals surface area contributed by atoms with Crippen molar-refractivity contribution in [1.29, 1.82) is 0 Å². The third-order valence-corrected chi connectivity index (χ3v) is 5.46. The van der Waals surface area contributed by atoms with E-state index >= 15 is 0 Å². The highest BCUT2D eigenvalue weighted by Crippen LogP contribution is 2.21. The Hall–Kier alpha value is -3.82. The molecule has 2 aromatic heterocycles. The fourth-order valence-electron chi connectivity index (χ4n) is 3.56. The molecule has 170 valence electrons. The van der Waals surface area contributed by atoms with E-state index in [0.29, 0.717) is 12.2 Å². The predicted octanol–water partition coefficient (Wildman–Crippen LogP) is 0.523.